The van der Waals surface area contributed by atoms with Gasteiger partial charge in [-0.25, -0.2) is 0 Å². The van der Waals surface area contributed by atoms with Crippen LogP contribution in [0.25, 0.3) is 0 Å². The van der Waals surface area contributed by atoms with Crippen LogP contribution in [0.4, 0.5) is 0 Å². The van der Waals surface area contributed by atoms with Gasteiger partial charge in [0.1, 0.15) is 0 Å². The van der Waals surface area contributed by atoms with Gasteiger partial charge in [-0.1, -0.05) is 27.5 Å². The normalized spacial score (nSPS) is 13.1. The van der Waals surface area contributed by atoms with Crippen molar-refractivity contribution in [1.82, 2.24) is 10.2 Å². The predicted octanol–water partition coefficient (Wildman–Crippen LogP) is 2.29. The van der Waals surface area contributed by atoms with E-state index in [4.69, 9.17) is 11.6 Å². The maximum atomic E-state index is 9.42. The van der Waals surface area contributed by atoms with Crippen LogP contribution in [-0.4, -0.2) is 43.8 Å². The highest BCUT2D eigenvalue weighted by Crippen LogP contribution is 2.26. The first-order valence-electron chi connectivity index (χ1n) is 5.48. The fourth-order valence-electron chi connectivity index (χ4n) is 1.52. The quantitative estimate of drug-likeness (QED) is 0.844. The van der Waals surface area contributed by atoms with Crippen molar-refractivity contribution in [3.05, 3.63) is 33.3 Å². The lowest BCUT2D eigenvalue weighted by molar-refractivity contribution is 0.240. The Kier molecular flexibility index (Phi) is 6.44. The minimum absolute atomic E-state index is 0.0480. The summed E-state index contributed by atoms with van der Waals surface area (Å²) in [4.78, 5) is 2.09. The molecule has 0 aliphatic heterocycles. The first-order valence-corrected chi connectivity index (χ1v) is 6.65. The Labute approximate surface area is 116 Å². The van der Waals surface area contributed by atoms with Gasteiger partial charge in [-0.2, -0.15) is 0 Å². The van der Waals surface area contributed by atoms with Gasteiger partial charge >= 0.3 is 0 Å². The molecule has 96 valence electrons. The highest BCUT2D eigenvalue weighted by molar-refractivity contribution is 9.10. The average molecular weight is 322 g/mol. The maximum absolute atomic E-state index is 9.42. The molecule has 17 heavy (non-hydrogen) atoms. The molecule has 1 aromatic carbocycles. The number of aliphatic hydroxyl groups excluding tert-OH is 1. The lowest BCUT2D eigenvalue weighted by Gasteiger charge is -2.19. The van der Waals surface area contributed by atoms with Gasteiger partial charge in [0.25, 0.3) is 0 Å². The van der Waals surface area contributed by atoms with E-state index >= 15 is 0 Å². The number of rotatable bonds is 6. The predicted molar refractivity (Wildman–Crippen MR) is 75.5 cm³/mol. The first-order chi connectivity index (χ1) is 8.04. The Morgan fingerprint density at radius 1 is 1.47 bits per heavy atom. The molecule has 1 aromatic rings. The van der Waals surface area contributed by atoms with Gasteiger partial charge < -0.3 is 15.3 Å². The van der Waals surface area contributed by atoms with Gasteiger partial charge in [-0.15, -0.1) is 0 Å². The zero-order valence-electron chi connectivity index (χ0n) is 10.1. The lowest BCUT2D eigenvalue weighted by atomic mass is 10.1. The summed E-state index contributed by atoms with van der Waals surface area (Å²) >= 11 is 9.44. The van der Waals surface area contributed by atoms with Crippen molar-refractivity contribution in [3.63, 3.8) is 0 Å². The zero-order valence-corrected chi connectivity index (χ0v) is 12.4. The van der Waals surface area contributed by atoms with E-state index in [9.17, 15) is 5.11 Å². The number of hydrogen-bond donors (Lipinski definition) is 2. The molecule has 0 saturated carbocycles. The third kappa shape index (κ3) is 4.94. The fraction of sp³-hybridized carbons (Fsp3) is 0.500. The van der Waals surface area contributed by atoms with E-state index < -0.39 is 0 Å². The van der Waals surface area contributed by atoms with Crippen LogP contribution in [0.5, 0.6) is 0 Å². The summed E-state index contributed by atoms with van der Waals surface area (Å²) in [6.45, 7) is 1.79. The van der Waals surface area contributed by atoms with Crippen molar-refractivity contribution in [1.29, 1.82) is 0 Å². The Morgan fingerprint density at radius 2 is 2.18 bits per heavy atom. The number of hydrogen-bond acceptors (Lipinski definition) is 3. The number of nitrogens with zero attached hydrogens (tertiary/aromatic N) is 1. The second-order valence-corrected chi connectivity index (χ2v) is 5.45. The molecule has 3 nitrogen and oxygen atoms in total. The molecule has 0 bridgehead atoms. The molecule has 0 radical (unpaired) electrons. The first kappa shape index (κ1) is 14.9. The van der Waals surface area contributed by atoms with E-state index in [-0.39, 0.29) is 12.6 Å². The number of nitrogens with one attached hydrogen (secondary N) is 1. The number of benzene rings is 1. The van der Waals surface area contributed by atoms with Crippen molar-refractivity contribution >= 4 is 27.5 Å². The molecule has 0 fully saturated rings. The van der Waals surface area contributed by atoms with E-state index in [1.54, 1.807) is 0 Å². The molecule has 2 N–H and O–H groups in total. The molecule has 0 spiro atoms. The third-order valence-corrected chi connectivity index (χ3v) is 3.42. The Bertz CT molecular complexity index is 360. The molecule has 1 rings (SSSR count). The van der Waals surface area contributed by atoms with Crippen LogP contribution >= 0.6 is 27.5 Å². The van der Waals surface area contributed by atoms with Gasteiger partial charge in [0.05, 0.1) is 12.6 Å². The van der Waals surface area contributed by atoms with Gasteiger partial charge in [0, 0.05) is 22.6 Å². The van der Waals surface area contributed by atoms with E-state index in [0.29, 0.717) is 5.02 Å². The molecule has 0 aromatic heterocycles. The summed E-state index contributed by atoms with van der Waals surface area (Å²) < 4.78 is 0.957. The summed E-state index contributed by atoms with van der Waals surface area (Å²) in [5.74, 6) is 0. The van der Waals surface area contributed by atoms with Crippen LogP contribution in [0.15, 0.2) is 22.7 Å². The van der Waals surface area contributed by atoms with Crippen LogP contribution in [0.1, 0.15) is 11.6 Å². The third-order valence-electron chi connectivity index (χ3n) is 2.47. The minimum atomic E-state index is -0.0944. The number of likely N-dealkylation sites (N-methyl/N-ethyl adjacent to an activating group) is 1. The second-order valence-electron chi connectivity index (χ2n) is 4.16. The van der Waals surface area contributed by atoms with Gasteiger partial charge in [0.15, 0.2) is 0 Å². The average Bonchev–Trinajstić information content (AvgIpc) is 2.28. The van der Waals surface area contributed by atoms with Crippen molar-refractivity contribution < 1.29 is 5.11 Å². The number of halogens is 2. The topological polar surface area (TPSA) is 35.5 Å². The Balaban J connectivity index is 2.68. The van der Waals surface area contributed by atoms with Crippen LogP contribution in [0.3, 0.4) is 0 Å². The summed E-state index contributed by atoms with van der Waals surface area (Å²) in [5.41, 5.74) is 0.985. The van der Waals surface area contributed by atoms with E-state index in [1.165, 1.54) is 0 Å². The van der Waals surface area contributed by atoms with Gasteiger partial charge in [-0.05, 0) is 37.9 Å². The summed E-state index contributed by atoms with van der Waals surface area (Å²) in [6, 6.07) is 5.50. The summed E-state index contributed by atoms with van der Waals surface area (Å²) in [5, 5.41) is 13.4. The van der Waals surface area contributed by atoms with Crippen LogP contribution < -0.4 is 5.32 Å². The second kappa shape index (κ2) is 7.34. The minimum Gasteiger partial charge on any atom is -0.394 e. The molecule has 0 aliphatic carbocycles. The van der Waals surface area contributed by atoms with Crippen LogP contribution in [0, 0.1) is 0 Å². The van der Waals surface area contributed by atoms with Crippen molar-refractivity contribution in [2.24, 2.45) is 0 Å². The Morgan fingerprint density at radius 3 is 2.76 bits per heavy atom. The molecular formula is C12H18BrClN2O. The maximum Gasteiger partial charge on any atom is 0.0626 e. The summed E-state index contributed by atoms with van der Waals surface area (Å²) in [7, 11) is 4.04. The van der Waals surface area contributed by atoms with Crippen molar-refractivity contribution in [3.8, 4) is 0 Å². The van der Waals surface area contributed by atoms with Crippen LogP contribution in [-0.2, 0) is 0 Å². The molecule has 0 aliphatic rings. The van der Waals surface area contributed by atoms with Crippen LogP contribution in [0.2, 0.25) is 5.02 Å². The molecule has 0 heterocycles. The van der Waals surface area contributed by atoms with E-state index in [1.807, 2.05) is 32.3 Å². The molecule has 5 heteroatoms. The van der Waals surface area contributed by atoms with Gasteiger partial charge in [-0.3, -0.25) is 0 Å². The smallest absolute Gasteiger partial charge is 0.0626 e. The van der Waals surface area contributed by atoms with Crippen molar-refractivity contribution in [2.45, 2.75) is 6.04 Å². The number of aliphatic hydroxyl groups is 1. The Hall–Kier alpha value is -0.130. The lowest BCUT2D eigenvalue weighted by Crippen LogP contribution is -2.31. The fourth-order valence-corrected chi connectivity index (χ4v) is 2.22. The molecule has 1 unspecified atom stereocenters. The van der Waals surface area contributed by atoms with Crippen molar-refractivity contribution in [2.75, 3.05) is 33.8 Å². The largest absolute Gasteiger partial charge is 0.394 e. The zero-order chi connectivity index (χ0) is 12.8. The molecule has 1 atom stereocenters. The standard InChI is InChI=1S/C12H18BrClN2O/c1-16(2)6-5-15-12(8-17)10-7-9(14)3-4-11(10)13/h3-4,7,12,15,17H,5-6,8H2,1-2H3. The highest BCUT2D eigenvalue weighted by atomic mass is 79.9. The molecule has 0 saturated heterocycles. The molecular weight excluding hydrogens is 304 g/mol. The van der Waals surface area contributed by atoms with Gasteiger partial charge in [0.2, 0.25) is 0 Å². The highest BCUT2D eigenvalue weighted by Gasteiger charge is 2.13. The monoisotopic (exact) mass is 320 g/mol. The molecule has 0 amide bonds. The van der Waals surface area contributed by atoms with E-state index in [0.717, 1.165) is 23.1 Å². The summed E-state index contributed by atoms with van der Waals surface area (Å²) in [6.07, 6.45) is 0. The SMILES string of the molecule is CN(C)CCNC(CO)c1cc(Cl)ccc1Br. The van der Waals surface area contributed by atoms with E-state index in [2.05, 4.69) is 26.1 Å².